The molecule has 7 heteroatoms. The summed E-state index contributed by atoms with van der Waals surface area (Å²) in [5.74, 6) is 1.95. The molecule has 1 aromatic carbocycles. The maximum absolute atomic E-state index is 13.1. The Balaban J connectivity index is 1.55. The summed E-state index contributed by atoms with van der Waals surface area (Å²) < 4.78 is 16.3. The van der Waals surface area contributed by atoms with Crippen molar-refractivity contribution in [2.75, 3.05) is 26.4 Å². The third kappa shape index (κ3) is 3.96. The van der Waals surface area contributed by atoms with Crippen LogP contribution in [0.1, 0.15) is 67.0 Å². The Morgan fingerprint density at radius 3 is 2.66 bits per heavy atom. The monoisotopic (exact) mass is 399 g/mol. The number of fused-ring (bicyclic) bond motifs is 1. The summed E-state index contributed by atoms with van der Waals surface area (Å²) in [7, 11) is 0. The van der Waals surface area contributed by atoms with E-state index in [2.05, 4.69) is 21.4 Å². The molecule has 1 aromatic heterocycles. The third-order valence-corrected chi connectivity index (χ3v) is 5.62. The summed E-state index contributed by atoms with van der Waals surface area (Å²) in [5.41, 5.74) is 2.09. The first kappa shape index (κ1) is 19.8. The van der Waals surface area contributed by atoms with Crippen molar-refractivity contribution in [3.63, 3.8) is 0 Å². The first-order valence-corrected chi connectivity index (χ1v) is 10.2. The van der Waals surface area contributed by atoms with Crippen LogP contribution in [-0.2, 0) is 5.41 Å². The molecule has 156 valence electrons. The number of hydrogen-bond donors (Lipinski definition) is 1. The molecule has 0 bridgehead atoms. The molecule has 2 aliphatic rings. The number of benzene rings is 1. The number of ether oxygens (including phenoxy) is 2. The Kier molecular flexibility index (Phi) is 5.25. The summed E-state index contributed by atoms with van der Waals surface area (Å²) >= 11 is 0. The highest BCUT2D eigenvalue weighted by atomic mass is 16.7. The van der Waals surface area contributed by atoms with Gasteiger partial charge in [-0.2, -0.15) is 0 Å². The van der Waals surface area contributed by atoms with E-state index in [4.69, 9.17) is 14.0 Å². The molecule has 1 unspecified atom stereocenters. The molecule has 1 atom stereocenters. The molecule has 29 heavy (non-hydrogen) atoms. The number of carbonyl (C=O) groups excluding carboxylic acids is 1. The van der Waals surface area contributed by atoms with E-state index >= 15 is 0 Å². The standard InChI is InChI=1S/C22H29N3O4/c1-14-19(20(24-29-14)22(2,3)4)21(26)23-12-16(25-9-5-6-10-25)15-7-8-17-18(11-15)28-13-27-17/h7-8,11,16H,5-6,9-10,12-13H2,1-4H3,(H,23,26). The minimum absolute atomic E-state index is 0.0780. The summed E-state index contributed by atoms with van der Waals surface area (Å²) in [4.78, 5) is 15.5. The lowest BCUT2D eigenvalue weighted by Crippen LogP contribution is -2.37. The van der Waals surface area contributed by atoms with Crippen LogP contribution in [0.25, 0.3) is 0 Å². The second kappa shape index (κ2) is 7.71. The van der Waals surface area contributed by atoms with Gasteiger partial charge in [0.15, 0.2) is 11.5 Å². The minimum Gasteiger partial charge on any atom is -0.454 e. The molecule has 1 saturated heterocycles. The summed E-state index contributed by atoms with van der Waals surface area (Å²) in [5, 5.41) is 7.26. The Morgan fingerprint density at radius 1 is 1.21 bits per heavy atom. The zero-order chi connectivity index (χ0) is 20.6. The molecule has 2 aromatic rings. The van der Waals surface area contributed by atoms with Gasteiger partial charge in [0, 0.05) is 12.0 Å². The van der Waals surface area contributed by atoms with Crippen LogP contribution in [0.3, 0.4) is 0 Å². The summed E-state index contributed by atoms with van der Waals surface area (Å²) in [6.45, 7) is 10.7. The summed E-state index contributed by atoms with van der Waals surface area (Å²) in [6, 6.07) is 6.12. The number of nitrogens with zero attached hydrogens (tertiary/aromatic N) is 2. The third-order valence-electron chi connectivity index (χ3n) is 5.62. The average Bonchev–Trinajstić information content (AvgIpc) is 3.41. The first-order chi connectivity index (χ1) is 13.8. The predicted molar refractivity (Wildman–Crippen MR) is 108 cm³/mol. The zero-order valence-corrected chi connectivity index (χ0v) is 17.6. The van der Waals surface area contributed by atoms with Crippen LogP contribution in [-0.4, -0.2) is 42.4 Å². The highest BCUT2D eigenvalue weighted by Crippen LogP contribution is 2.36. The Labute approximate surface area is 171 Å². The molecule has 2 aliphatic heterocycles. The molecule has 4 rings (SSSR count). The molecule has 0 saturated carbocycles. The van der Waals surface area contributed by atoms with Gasteiger partial charge in [0.25, 0.3) is 5.91 Å². The number of carbonyl (C=O) groups is 1. The van der Waals surface area contributed by atoms with Gasteiger partial charge in [0.05, 0.1) is 6.04 Å². The van der Waals surface area contributed by atoms with Crippen molar-refractivity contribution in [2.24, 2.45) is 0 Å². The van der Waals surface area contributed by atoms with E-state index in [-0.39, 0.29) is 24.2 Å². The SMILES string of the molecule is Cc1onc(C(C)(C)C)c1C(=O)NCC(c1ccc2c(c1)OCO2)N1CCCC1. The van der Waals surface area contributed by atoms with Gasteiger partial charge in [-0.25, -0.2) is 0 Å². The second-order valence-electron chi connectivity index (χ2n) is 8.79. The lowest BCUT2D eigenvalue weighted by atomic mass is 9.88. The van der Waals surface area contributed by atoms with E-state index in [1.54, 1.807) is 6.92 Å². The van der Waals surface area contributed by atoms with E-state index in [0.717, 1.165) is 30.2 Å². The Morgan fingerprint density at radius 2 is 1.93 bits per heavy atom. The van der Waals surface area contributed by atoms with Gasteiger partial charge >= 0.3 is 0 Å². The van der Waals surface area contributed by atoms with E-state index in [0.29, 0.717) is 23.6 Å². The van der Waals surface area contributed by atoms with E-state index in [1.165, 1.54) is 12.8 Å². The molecule has 0 aliphatic carbocycles. The van der Waals surface area contributed by atoms with Gasteiger partial charge in [-0.15, -0.1) is 0 Å². The second-order valence-corrected chi connectivity index (χ2v) is 8.79. The van der Waals surface area contributed by atoms with Crippen molar-refractivity contribution in [3.8, 4) is 11.5 Å². The van der Waals surface area contributed by atoms with Crippen LogP contribution >= 0.6 is 0 Å². The molecule has 3 heterocycles. The van der Waals surface area contributed by atoms with Crippen LogP contribution in [0.5, 0.6) is 11.5 Å². The van der Waals surface area contributed by atoms with Crippen molar-refractivity contribution in [1.29, 1.82) is 0 Å². The smallest absolute Gasteiger partial charge is 0.256 e. The number of amides is 1. The van der Waals surface area contributed by atoms with E-state index in [9.17, 15) is 4.79 Å². The van der Waals surface area contributed by atoms with E-state index in [1.807, 2.05) is 32.9 Å². The fourth-order valence-corrected chi connectivity index (χ4v) is 4.06. The minimum atomic E-state index is -0.268. The van der Waals surface area contributed by atoms with Crippen molar-refractivity contribution in [2.45, 2.75) is 52.0 Å². The summed E-state index contributed by atoms with van der Waals surface area (Å²) in [6.07, 6.45) is 2.35. The molecular weight excluding hydrogens is 370 g/mol. The van der Waals surface area contributed by atoms with E-state index < -0.39 is 0 Å². The molecule has 1 amide bonds. The van der Waals surface area contributed by atoms with Crippen molar-refractivity contribution in [3.05, 3.63) is 40.8 Å². The zero-order valence-electron chi connectivity index (χ0n) is 17.6. The average molecular weight is 399 g/mol. The molecule has 1 fully saturated rings. The van der Waals surface area contributed by atoms with Crippen LogP contribution < -0.4 is 14.8 Å². The lowest BCUT2D eigenvalue weighted by molar-refractivity contribution is 0.0934. The largest absolute Gasteiger partial charge is 0.454 e. The number of aryl methyl sites for hydroxylation is 1. The topological polar surface area (TPSA) is 76.8 Å². The molecule has 1 N–H and O–H groups in total. The van der Waals surface area contributed by atoms with Gasteiger partial charge in [0.1, 0.15) is 17.0 Å². The van der Waals surface area contributed by atoms with Crippen molar-refractivity contribution in [1.82, 2.24) is 15.4 Å². The fourth-order valence-electron chi connectivity index (χ4n) is 4.06. The maximum atomic E-state index is 13.1. The van der Waals surface area contributed by atoms with Gasteiger partial charge < -0.3 is 19.3 Å². The van der Waals surface area contributed by atoms with Gasteiger partial charge in [-0.3, -0.25) is 9.69 Å². The highest BCUT2D eigenvalue weighted by Gasteiger charge is 2.30. The van der Waals surface area contributed by atoms with Crippen LogP contribution in [0, 0.1) is 6.92 Å². The molecule has 0 spiro atoms. The number of rotatable bonds is 5. The highest BCUT2D eigenvalue weighted by molar-refractivity contribution is 5.96. The van der Waals surface area contributed by atoms with Crippen LogP contribution in [0.15, 0.2) is 22.7 Å². The Bertz CT molecular complexity index is 894. The van der Waals surface area contributed by atoms with Crippen LogP contribution in [0.2, 0.25) is 0 Å². The number of aromatic nitrogens is 1. The predicted octanol–water partition coefficient (Wildman–Crippen LogP) is 3.58. The molecular formula is C22H29N3O4. The van der Waals surface area contributed by atoms with Crippen molar-refractivity contribution >= 4 is 5.91 Å². The Hall–Kier alpha value is -2.54. The van der Waals surface area contributed by atoms with Crippen LogP contribution in [0.4, 0.5) is 0 Å². The number of likely N-dealkylation sites (tertiary alicyclic amines) is 1. The maximum Gasteiger partial charge on any atom is 0.256 e. The van der Waals surface area contributed by atoms with Gasteiger partial charge in [0.2, 0.25) is 6.79 Å². The van der Waals surface area contributed by atoms with Crippen molar-refractivity contribution < 1.29 is 18.8 Å². The van der Waals surface area contributed by atoms with Gasteiger partial charge in [-0.1, -0.05) is 32.0 Å². The first-order valence-electron chi connectivity index (χ1n) is 10.2. The normalized spacial score (nSPS) is 17.5. The lowest BCUT2D eigenvalue weighted by Gasteiger charge is -2.28. The number of hydrogen-bond acceptors (Lipinski definition) is 6. The fraction of sp³-hybridized carbons (Fsp3) is 0.545. The molecule has 7 nitrogen and oxygen atoms in total. The van der Waals surface area contributed by atoms with Gasteiger partial charge in [-0.05, 0) is 50.6 Å². The molecule has 0 radical (unpaired) electrons. The number of nitrogens with one attached hydrogen (secondary N) is 1. The quantitative estimate of drug-likeness (QED) is 0.828.